The number of hydrogen-bond acceptors (Lipinski definition) is 4. The number of furan rings is 1. The van der Waals surface area contributed by atoms with E-state index in [1.165, 1.54) is 0 Å². The van der Waals surface area contributed by atoms with Crippen molar-refractivity contribution in [3.05, 3.63) is 60.1 Å². The Morgan fingerprint density at radius 1 is 0.966 bits per heavy atom. The molecule has 6 nitrogen and oxygen atoms in total. The zero-order valence-electron chi connectivity index (χ0n) is 17.9. The molecule has 0 unspecified atom stereocenters. The van der Waals surface area contributed by atoms with E-state index in [4.69, 9.17) is 9.15 Å². The summed E-state index contributed by atoms with van der Waals surface area (Å²) < 4.78 is 10.6. The van der Waals surface area contributed by atoms with Gasteiger partial charge in [0.15, 0.2) is 0 Å². The molecule has 29 heavy (non-hydrogen) atoms. The molecule has 0 radical (unpaired) electrons. The Morgan fingerprint density at radius 2 is 1.69 bits per heavy atom. The maximum atomic E-state index is 13.2. The Kier molecular flexibility index (Phi) is 8.46. The molecule has 2 rings (SSSR count). The summed E-state index contributed by atoms with van der Waals surface area (Å²) in [4.78, 5) is 29.3. The van der Waals surface area contributed by atoms with Gasteiger partial charge in [0, 0.05) is 26.6 Å². The lowest BCUT2D eigenvalue weighted by Gasteiger charge is -2.29. The van der Waals surface area contributed by atoms with Crippen LogP contribution in [-0.4, -0.2) is 48.4 Å². The van der Waals surface area contributed by atoms with Crippen molar-refractivity contribution in [1.29, 1.82) is 0 Å². The molecule has 0 saturated heterocycles. The van der Waals surface area contributed by atoms with Crippen molar-refractivity contribution in [2.75, 3.05) is 26.8 Å². The summed E-state index contributed by atoms with van der Waals surface area (Å²) in [6.45, 7) is 7.64. The largest absolute Gasteiger partial charge is 0.467 e. The maximum Gasteiger partial charge on any atom is 0.242 e. The molecule has 1 aromatic heterocycles. The van der Waals surface area contributed by atoms with Crippen molar-refractivity contribution in [1.82, 2.24) is 9.80 Å². The van der Waals surface area contributed by atoms with Crippen LogP contribution in [0.3, 0.4) is 0 Å². The summed E-state index contributed by atoms with van der Waals surface area (Å²) in [5.74, 6) is 0.544. The Morgan fingerprint density at radius 3 is 2.28 bits per heavy atom. The second-order valence-electron chi connectivity index (χ2n) is 8.36. The lowest BCUT2D eigenvalue weighted by Crippen LogP contribution is -2.44. The Hall–Kier alpha value is -2.60. The van der Waals surface area contributed by atoms with Crippen molar-refractivity contribution in [3.8, 4) is 0 Å². The minimum absolute atomic E-state index is 0.0197. The Bertz CT molecular complexity index is 751. The van der Waals surface area contributed by atoms with Crippen LogP contribution in [-0.2, 0) is 27.4 Å². The van der Waals surface area contributed by atoms with E-state index in [2.05, 4.69) is 0 Å². The van der Waals surface area contributed by atoms with Crippen LogP contribution in [0.15, 0.2) is 53.1 Å². The molecule has 158 valence electrons. The number of amides is 2. The highest BCUT2D eigenvalue weighted by Gasteiger charge is 2.25. The lowest BCUT2D eigenvalue weighted by atomic mass is 9.91. The predicted molar refractivity (Wildman–Crippen MR) is 112 cm³/mol. The van der Waals surface area contributed by atoms with E-state index in [1.54, 1.807) is 29.2 Å². The average molecular weight is 401 g/mol. The molecular formula is C23H32N2O4. The number of hydrogen-bond donors (Lipinski definition) is 0. The molecule has 0 saturated carbocycles. The van der Waals surface area contributed by atoms with Gasteiger partial charge in [-0.05, 0) is 23.1 Å². The van der Waals surface area contributed by atoms with Gasteiger partial charge in [-0.2, -0.15) is 0 Å². The molecule has 0 aliphatic carbocycles. The van der Waals surface area contributed by atoms with Crippen LogP contribution in [0, 0.1) is 5.41 Å². The van der Waals surface area contributed by atoms with Crippen molar-refractivity contribution in [2.45, 2.75) is 40.3 Å². The molecule has 0 bridgehead atoms. The van der Waals surface area contributed by atoms with E-state index in [1.807, 2.05) is 57.2 Å². The van der Waals surface area contributed by atoms with Crippen molar-refractivity contribution < 1.29 is 18.7 Å². The molecule has 0 atom stereocenters. The van der Waals surface area contributed by atoms with Crippen LogP contribution in [0.2, 0.25) is 0 Å². The second kappa shape index (κ2) is 10.8. The third-order valence-corrected chi connectivity index (χ3v) is 4.42. The summed E-state index contributed by atoms with van der Waals surface area (Å²) in [6.07, 6.45) is 1.97. The molecule has 1 aromatic carbocycles. The van der Waals surface area contributed by atoms with Gasteiger partial charge in [-0.25, -0.2) is 0 Å². The maximum absolute atomic E-state index is 13.2. The molecule has 6 heteroatoms. The number of ether oxygens (including phenoxy) is 1. The van der Waals surface area contributed by atoms with Gasteiger partial charge in [0.05, 0.1) is 26.0 Å². The summed E-state index contributed by atoms with van der Waals surface area (Å²) in [7, 11) is 1.59. The van der Waals surface area contributed by atoms with Crippen molar-refractivity contribution >= 4 is 11.8 Å². The zero-order valence-corrected chi connectivity index (χ0v) is 17.9. The van der Waals surface area contributed by atoms with Gasteiger partial charge in [0.25, 0.3) is 0 Å². The second-order valence-corrected chi connectivity index (χ2v) is 8.36. The predicted octanol–water partition coefficient (Wildman–Crippen LogP) is 3.72. The molecule has 2 amide bonds. The zero-order chi connectivity index (χ0) is 21.3. The third-order valence-electron chi connectivity index (χ3n) is 4.42. The molecule has 0 aliphatic heterocycles. The highest BCUT2D eigenvalue weighted by Crippen LogP contribution is 2.20. The molecule has 2 aromatic rings. The topological polar surface area (TPSA) is 63.0 Å². The van der Waals surface area contributed by atoms with Gasteiger partial charge in [-0.3, -0.25) is 9.59 Å². The average Bonchev–Trinajstić information content (AvgIpc) is 3.17. The van der Waals surface area contributed by atoms with E-state index in [0.717, 1.165) is 5.56 Å². The number of rotatable bonds is 10. The minimum atomic E-state index is -0.149. The van der Waals surface area contributed by atoms with E-state index in [9.17, 15) is 9.59 Å². The quantitative estimate of drug-likeness (QED) is 0.610. The van der Waals surface area contributed by atoms with Crippen molar-refractivity contribution in [2.24, 2.45) is 5.41 Å². The SMILES string of the molecule is COCCN(CC(=O)N(Cc1ccccc1)Cc1ccco1)C(=O)CC(C)(C)C. The first-order valence-corrected chi connectivity index (χ1v) is 9.89. The first-order chi connectivity index (χ1) is 13.8. The molecule has 1 heterocycles. The Balaban J connectivity index is 2.14. The van der Waals surface area contributed by atoms with Crippen LogP contribution < -0.4 is 0 Å². The molecule has 0 spiro atoms. The number of nitrogens with zero attached hydrogens (tertiary/aromatic N) is 2. The van der Waals surface area contributed by atoms with Crippen LogP contribution in [0.4, 0.5) is 0 Å². The van der Waals surface area contributed by atoms with Crippen molar-refractivity contribution in [3.63, 3.8) is 0 Å². The minimum Gasteiger partial charge on any atom is -0.467 e. The van der Waals surface area contributed by atoms with Gasteiger partial charge < -0.3 is 19.0 Å². The molecular weight excluding hydrogens is 368 g/mol. The van der Waals surface area contributed by atoms with Crippen LogP contribution in [0.5, 0.6) is 0 Å². The summed E-state index contributed by atoms with van der Waals surface area (Å²) in [5.41, 5.74) is 0.875. The number of benzene rings is 1. The van der Waals surface area contributed by atoms with Crippen LogP contribution in [0.1, 0.15) is 38.5 Å². The van der Waals surface area contributed by atoms with Gasteiger partial charge in [-0.1, -0.05) is 51.1 Å². The highest BCUT2D eigenvalue weighted by atomic mass is 16.5. The fourth-order valence-electron chi connectivity index (χ4n) is 2.95. The number of carbonyl (C=O) groups excluding carboxylic acids is 2. The van der Waals surface area contributed by atoms with Gasteiger partial charge in [-0.15, -0.1) is 0 Å². The van der Waals surface area contributed by atoms with E-state index in [0.29, 0.717) is 38.4 Å². The van der Waals surface area contributed by atoms with Crippen LogP contribution in [0.25, 0.3) is 0 Å². The number of carbonyl (C=O) groups is 2. The first kappa shape index (κ1) is 22.7. The first-order valence-electron chi connectivity index (χ1n) is 9.89. The highest BCUT2D eigenvalue weighted by molar-refractivity contribution is 5.85. The summed E-state index contributed by atoms with van der Waals surface area (Å²) >= 11 is 0. The van der Waals surface area contributed by atoms with E-state index in [-0.39, 0.29) is 23.8 Å². The van der Waals surface area contributed by atoms with Gasteiger partial charge in [0.2, 0.25) is 11.8 Å². The monoisotopic (exact) mass is 400 g/mol. The lowest BCUT2D eigenvalue weighted by molar-refractivity contribution is -0.142. The summed E-state index contributed by atoms with van der Waals surface area (Å²) in [5, 5.41) is 0. The van der Waals surface area contributed by atoms with Crippen LogP contribution >= 0.6 is 0 Å². The summed E-state index contributed by atoms with van der Waals surface area (Å²) in [6, 6.07) is 13.5. The van der Waals surface area contributed by atoms with Gasteiger partial charge >= 0.3 is 0 Å². The van der Waals surface area contributed by atoms with Gasteiger partial charge in [0.1, 0.15) is 5.76 Å². The normalized spacial score (nSPS) is 11.3. The Labute approximate surface area is 173 Å². The molecule has 0 N–H and O–H groups in total. The third kappa shape index (κ3) is 8.11. The van der Waals surface area contributed by atoms with E-state index >= 15 is 0 Å². The molecule has 0 fully saturated rings. The standard InChI is InChI=1S/C23H32N2O4/c1-23(2,3)15-21(26)24(12-14-28-4)18-22(27)25(17-20-11-8-13-29-20)16-19-9-6-5-7-10-19/h5-11,13H,12,14-18H2,1-4H3. The smallest absolute Gasteiger partial charge is 0.242 e. The van der Waals surface area contributed by atoms with E-state index < -0.39 is 0 Å². The number of methoxy groups -OCH3 is 1. The fourth-order valence-corrected chi connectivity index (χ4v) is 2.95. The molecule has 0 aliphatic rings. The fraction of sp³-hybridized carbons (Fsp3) is 0.478.